The van der Waals surface area contributed by atoms with Gasteiger partial charge >= 0.3 is 5.97 Å². The summed E-state index contributed by atoms with van der Waals surface area (Å²) in [6, 6.07) is -0.836. The largest absolute Gasteiger partial charge is 0.477 e. The smallest absolute Gasteiger partial charge is 0.353 e. The predicted octanol–water partition coefficient (Wildman–Crippen LogP) is -1.93. The van der Waals surface area contributed by atoms with Crippen LogP contribution in [0.5, 0.6) is 0 Å². The number of fused-ring (bicyclic) bond motifs is 1. The van der Waals surface area contributed by atoms with Gasteiger partial charge in [-0.3, -0.25) is 9.59 Å². The number of aliphatic hydroxyl groups excluding tert-OH is 3. The molecule has 3 aliphatic heterocycles. The minimum atomic E-state index is -1.17. The number of aliphatic hydroxyl groups is 3. The maximum absolute atomic E-state index is 12.4. The van der Waals surface area contributed by atoms with E-state index in [0.717, 1.165) is 0 Å². The van der Waals surface area contributed by atoms with E-state index in [2.05, 4.69) is 10.6 Å². The lowest BCUT2D eigenvalue weighted by molar-refractivity contribution is -0.163. The van der Waals surface area contributed by atoms with Gasteiger partial charge in [0.1, 0.15) is 5.70 Å². The summed E-state index contributed by atoms with van der Waals surface area (Å²) < 4.78 is 0. The van der Waals surface area contributed by atoms with Crippen molar-refractivity contribution in [1.82, 2.24) is 15.5 Å². The Morgan fingerprint density at radius 1 is 1.38 bits per heavy atom. The summed E-state index contributed by atoms with van der Waals surface area (Å²) in [4.78, 5) is 38.3. The zero-order valence-electron chi connectivity index (χ0n) is 16.2. The van der Waals surface area contributed by atoms with Gasteiger partial charge in [-0.05, 0) is 13.3 Å². The highest BCUT2D eigenvalue weighted by atomic mass is 32.2. The molecule has 2 saturated heterocycles. The van der Waals surface area contributed by atoms with Gasteiger partial charge in [0.05, 0.1) is 36.8 Å². The Hall–Kier alpha value is -1.66. The summed E-state index contributed by atoms with van der Waals surface area (Å²) in [6.45, 7) is 3.41. The van der Waals surface area contributed by atoms with Gasteiger partial charge in [-0.1, -0.05) is 6.92 Å². The number of carbonyl (C=O) groups excluding carboxylic acids is 2. The average molecular weight is 429 g/mol. The van der Waals surface area contributed by atoms with Crippen molar-refractivity contribution in [3.63, 3.8) is 0 Å². The van der Waals surface area contributed by atoms with Crippen molar-refractivity contribution in [2.45, 2.75) is 49.8 Å². The second-order valence-electron chi connectivity index (χ2n) is 7.79. The molecular formula is C18H27N3O7S. The fourth-order valence-electron chi connectivity index (χ4n) is 4.26. The fraction of sp³-hybridized carbons (Fsp3) is 0.722. The number of rotatable bonds is 8. The number of carboxylic acid groups (broad SMARTS) is 1. The molecule has 2 amide bonds. The van der Waals surface area contributed by atoms with E-state index in [4.69, 9.17) is 5.11 Å². The molecule has 3 heterocycles. The third-order valence-corrected chi connectivity index (χ3v) is 7.25. The monoisotopic (exact) mass is 429 g/mol. The Bertz CT molecular complexity index is 728. The highest BCUT2D eigenvalue weighted by Gasteiger charge is 2.60. The molecule has 1 unspecified atom stereocenters. The molecule has 0 aliphatic carbocycles. The lowest BCUT2D eigenvalue weighted by atomic mass is 9.79. The molecule has 10 nitrogen and oxygen atoms in total. The summed E-state index contributed by atoms with van der Waals surface area (Å²) in [6.07, 6.45) is -1.40. The number of β-lactam (4-membered cyclic amide) rings is 1. The summed E-state index contributed by atoms with van der Waals surface area (Å²) in [5.41, 5.74) is -0.0200. The Kier molecular flexibility index (Phi) is 6.54. The average Bonchev–Trinajstić information content (AvgIpc) is 3.22. The maximum Gasteiger partial charge on any atom is 0.353 e. The van der Waals surface area contributed by atoms with Crippen LogP contribution in [-0.2, 0) is 14.4 Å². The van der Waals surface area contributed by atoms with Crippen LogP contribution in [0.25, 0.3) is 0 Å². The lowest BCUT2D eigenvalue weighted by Gasteiger charge is -2.46. The topological polar surface area (TPSA) is 159 Å². The first-order valence-corrected chi connectivity index (χ1v) is 10.5. The van der Waals surface area contributed by atoms with Crippen molar-refractivity contribution in [3.05, 3.63) is 10.6 Å². The van der Waals surface area contributed by atoms with Crippen molar-refractivity contribution in [1.29, 1.82) is 0 Å². The third kappa shape index (κ3) is 4.02. The SMILES string of the molecule is C[C@@H](O)[C@H]1C(=O)N2C(C(=O)O)=C(S[C@@H]3CN[C@H](C(=O)NCC(O)CO)C3)[C@H](C)[C@H]12. The number of carboxylic acids is 1. The standard InChI is InChI=1S/C18H27N3O7S/c1-7-13-12(8(2)23)17(26)21(13)14(18(27)28)15(7)29-10-3-11(19-5-10)16(25)20-4-9(24)6-22/h7-13,19,22-24H,3-6H2,1-2H3,(H,20,25)(H,27,28)/t7-,8-,9?,10+,11+,12-,13-/m1/s1. The number of carbonyl (C=O) groups is 3. The first-order valence-electron chi connectivity index (χ1n) is 9.62. The second kappa shape index (κ2) is 8.60. The first-order chi connectivity index (χ1) is 13.7. The Morgan fingerprint density at radius 2 is 2.07 bits per heavy atom. The third-order valence-electron chi connectivity index (χ3n) is 5.73. The van der Waals surface area contributed by atoms with E-state index in [-0.39, 0.29) is 41.3 Å². The molecule has 0 radical (unpaired) electrons. The molecule has 7 atom stereocenters. The van der Waals surface area contributed by atoms with Gasteiger partial charge in [-0.2, -0.15) is 0 Å². The fourth-order valence-corrected chi connectivity index (χ4v) is 5.74. The number of thioether (sulfide) groups is 1. The highest BCUT2D eigenvalue weighted by molar-refractivity contribution is 8.03. The predicted molar refractivity (Wildman–Crippen MR) is 104 cm³/mol. The zero-order chi connectivity index (χ0) is 21.5. The van der Waals surface area contributed by atoms with Gasteiger partial charge in [-0.25, -0.2) is 4.79 Å². The molecule has 11 heteroatoms. The molecule has 0 spiro atoms. The Labute approximate surface area is 172 Å². The van der Waals surface area contributed by atoms with Gasteiger partial charge in [-0.15, -0.1) is 11.8 Å². The van der Waals surface area contributed by atoms with Crippen LogP contribution >= 0.6 is 11.8 Å². The first kappa shape index (κ1) is 22.0. The molecule has 29 heavy (non-hydrogen) atoms. The second-order valence-corrected chi connectivity index (χ2v) is 9.13. The van der Waals surface area contributed by atoms with E-state index in [1.54, 1.807) is 0 Å². The van der Waals surface area contributed by atoms with Gasteiger partial charge in [0, 0.05) is 29.2 Å². The van der Waals surface area contributed by atoms with Gasteiger partial charge < -0.3 is 36.0 Å². The summed E-state index contributed by atoms with van der Waals surface area (Å²) in [5, 5.41) is 43.3. The van der Waals surface area contributed by atoms with Gasteiger partial charge in [0.2, 0.25) is 11.8 Å². The molecule has 0 aromatic rings. The number of hydrogen-bond donors (Lipinski definition) is 6. The molecule has 162 valence electrons. The molecule has 2 fully saturated rings. The van der Waals surface area contributed by atoms with E-state index >= 15 is 0 Å². The van der Waals surface area contributed by atoms with Crippen molar-refractivity contribution in [2.24, 2.45) is 11.8 Å². The molecule has 0 aromatic carbocycles. The maximum atomic E-state index is 12.4. The summed E-state index contributed by atoms with van der Waals surface area (Å²) in [7, 11) is 0. The summed E-state index contributed by atoms with van der Waals surface area (Å²) in [5.74, 6) is -2.64. The minimum Gasteiger partial charge on any atom is -0.477 e. The van der Waals surface area contributed by atoms with E-state index in [1.165, 1.54) is 23.6 Å². The van der Waals surface area contributed by atoms with Crippen molar-refractivity contribution < 1.29 is 34.8 Å². The van der Waals surface area contributed by atoms with E-state index < -0.39 is 36.7 Å². The number of amides is 2. The molecule has 0 saturated carbocycles. The number of hydrogen-bond acceptors (Lipinski definition) is 8. The molecule has 0 aromatic heterocycles. The van der Waals surface area contributed by atoms with Gasteiger partial charge in [0.25, 0.3) is 0 Å². The molecule has 6 N–H and O–H groups in total. The highest BCUT2D eigenvalue weighted by Crippen LogP contribution is 2.51. The van der Waals surface area contributed by atoms with Crippen LogP contribution in [0.1, 0.15) is 20.3 Å². The molecule has 3 aliphatic rings. The van der Waals surface area contributed by atoms with E-state index in [1.807, 2.05) is 6.92 Å². The van der Waals surface area contributed by atoms with E-state index in [0.29, 0.717) is 17.9 Å². The van der Waals surface area contributed by atoms with Crippen molar-refractivity contribution in [3.8, 4) is 0 Å². The van der Waals surface area contributed by atoms with Crippen LogP contribution in [0.4, 0.5) is 0 Å². The molecular weight excluding hydrogens is 402 g/mol. The van der Waals surface area contributed by atoms with Crippen molar-refractivity contribution in [2.75, 3.05) is 19.7 Å². The van der Waals surface area contributed by atoms with Crippen LogP contribution in [0, 0.1) is 11.8 Å². The Morgan fingerprint density at radius 3 is 2.66 bits per heavy atom. The molecule has 3 rings (SSSR count). The van der Waals surface area contributed by atoms with Crippen LogP contribution in [0.15, 0.2) is 10.6 Å². The quantitative estimate of drug-likeness (QED) is 0.242. The minimum absolute atomic E-state index is 0.0200. The van der Waals surface area contributed by atoms with Crippen molar-refractivity contribution >= 4 is 29.5 Å². The number of aliphatic carboxylic acids is 1. The number of nitrogens with zero attached hydrogens (tertiary/aromatic N) is 1. The van der Waals surface area contributed by atoms with Crippen LogP contribution in [0.2, 0.25) is 0 Å². The van der Waals surface area contributed by atoms with Crippen LogP contribution in [-0.4, -0.2) is 92.3 Å². The number of nitrogens with one attached hydrogen (secondary N) is 2. The summed E-state index contributed by atoms with van der Waals surface area (Å²) >= 11 is 1.36. The molecule has 0 bridgehead atoms. The van der Waals surface area contributed by atoms with Crippen LogP contribution in [0.3, 0.4) is 0 Å². The van der Waals surface area contributed by atoms with Crippen LogP contribution < -0.4 is 10.6 Å². The van der Waals surface area contributed by atoms with Gasteiger partial charge in [0.15, 0.2) is 0 Å². The van der Waals surface area contributed by atoms with E-state index in [9.17, 15) is 29.7 Å². The normalized spacial score (nSPS) is 33.3. The Balaban J connectivity index is 1.66. The lowest BCUT2D eigenvalue weighted by Crippen LogP contribution is -2.63. The zero-order valence-corrected chi connectivity index (χ0v) is 17.1.